The highest BCUT2D eigenvalue weighted by atomic mass is 16.5. The summed E-state index contributed by atoms with van der Waals surface area (Å²) in [5, 5.41) is 3.50. The van der Waals surface area contributed by atoms with E-state index in [4.69, 9.17) is 4.74 Å². The predicted octanol–water partition coefficient (Wildman–Crippen LogP) is 1.17. The minimum Gasteiger partial charge on any atom is -0.385 e. The highest BCUT2D eigenvalue weighted by molar-refractivity contribution is 4.82. The summed E-state index contributed by atoms with van der Waals surface area (Å²) in [6, 6.07) is 0.911. The largest absolute Gasteiger partial charge is 0.385 e. The van der Waals surface area contributed by atoms with E-state index in [9.17, 15) is 0 Å². The van der Waals surface area contributed by atoms with Gasteiger partial charge in [0.25, 0.3) is 0 Å². The number of rotatable bonds is 8. The molecule has 2 fully saturated rings. The molecule has 2 rings (SSSR count). The van der Waals surface area contributed by atoms with Crippen LogP contribution in [0.2, 0.25) is 0 Å². The third-order valence-corrected chi connectivity index (χ3v) is 4.55. The molecule has 1 saturated carbocycles. The molecular weight excluding hydrogens is 238 g/mol. The summed E-state index contributed by atoms with van der Waals surface area (Å²) in [4.78, 5) is 5.34. The lowest BCUT2D eigenvalue weighted by Gasteiger charge is -2.38. The van der Waals surface area contributed by atoms with Gasteiger partial charge in [0.15, 0.2) is 0 Å². The Morgan fingerprint density at radius 3 is 2.47 bits per heavy atom. The highest BCUT2D eigenvalue weighted by Crippen LogP contribution is 2.24. The minimum absolute atomic E-state index is 0.868. The van der Waals surface area contributed by atoms with Crippen LogP contribution in [0.5, 0.6) is 0 Å². The number of nitrogens with zero attached hydrogens (tertiary/aromatic N) is 2. The fraction of sp³-hybridized carbons (Fsp3) is 1.00. The van der Waals surface area contributed by atoms with Gasteiger partial charge in [-0.25, -0.2) is 0 Å². The zero-order valence-corrected chi connectivity index (χ0v) is 12.6. The van der Waals surface area contributed by atoms with Crippen molar-refractivity contribution < 1.29 is 4.74 Å². The maximum absolute atomic E-state index is 5.04. The van der Waals surface area contributed by atoms with Crippen LogP contribution in [-0.2, 0) is 4.74 Å². The Morgan fingerprint density at radius 1 is 1.05 bits per heavy atom. The second-order valence-electron chi connectivity index (χ2n) is 5.91. The number of hydrogen-bond acceptors (Lipinski definition) is 4. The Balaban J connectivity index is 1.49. The van der Waals surface area contributed by atoms with Crippen LogP contribution in [0.1, 0.15) is 32.1 Å². The van der Waals surface area contributed by atoms with Gasteiger partial charge in [0.2, 0.25) is 0 Å². The predicted molar refractivity (Wildman–Crippen MR) is 79.6 cm³/mol. The minimum atomic E-state index is 0.868. The van der Waals surface area contributed by atoms with E-state index >= 15 is 0 Å². The lowest BCUT2D eigenvalue weighted by molar-refractivity contribution is 0.0983. The number of ether oxygens (including phenoxy) is 1. The van der Waals surface area contributed by atoms with E-state index in [0.717, 1.165) is 32.2 Å². The summed E-state index contributed by atoms with van der Waals surface area (Å²) in [5.74, 6) is 0. The van der Waals surface area contributed by atoms with E-state index in [1.165, 1.54) is 58.4 Å². The number of piperazine rings is 1. The van der Waals surface area contributed by atoms with Gasteiger partial charge in [-0.2, -0.15) is 0 Å². The van der Waals surface area contributed by atoms with E-state index in [-0.39, 0.29) is 0 Å². The SMILES string of the molecule is COCCCNCCN1CCN(C2CCCC2)CC1. The molecule has 0 atom stereocenters. The topological polar surface area (TPSA) is 27.7 Å². The summed E-state index contributed by atoms with van der Waals surface area (Å²) in [6.07, 6.45) is 6.92. The van der Waals surface area contributed by atoms with Gasteiger partial charge in [-0.3, -0.25) is 9.80 Å². The van der Waals surface area contributed by atoms with Crippen LogP contribution in [-0.4, -0.2) is 75.4 Å². The lowest BCUT2D eigenvalue weighted by Crippen LogP contribution is -2.50. The molecule has 1 saturated heterocycles. The maximum Gasteiger partial charge on any atom is 0.0474 e. The Morgan fingerprint density at radius 2 is 1.79 bits per heavy atom. The molecule has 0 spiro atoms. The molecule has 1 heterocycles. The van der Waals surface area contributed by atoms with Crippen molar-refractivity contribution >= 4 is 0 Å². The van der Waals surface area contributed by atoms with Gasteiger partial charge in [-0.05, 0) is 25.8 Å². The van der Waals surface area contributed by atoms with Gasteiger partial charge < -0.3 is 10.1 Å². The Kier molecular flexibility index (Phi) is 7.14. The van der Waals surface area contributed by atoms with Crippen molar-refractivity contribution in [2.24, 2.45) is 0 Å². The molecule has 4 heteroatoms. The smallest absolute Gasteiger partial charge is 0.0474 e. The van der Waals surface area contributed by atoms with Crippen molar-refractivity contribution in [2.45, 2.75) is 38.1 Å². The van der Waals surface area contributed by atoms with Gasteiger partial charge in [0.05, 0.1) is 0 Å². The van der Waals surface area contributed by atoms with Gasteiger partial charge in [-0.1, -0.05) is 12.8 Å². The summed E-state index contributed by atoms with van der Waals surface area (Å²) in [6.45, 7) is 9.36. The molecule has 0 amide bonds. The van der Waals surface area contributed by atoms with Crippen LogP contribution in [0, 0.1) is 0 Å². The summed E-state index contributed by atoms with van der Waals surface area (Å²) in [7, 11) is 1.77. The Labute approximate surface area is 118 Å². The molecule has 0 aromatic carbocycles. The van der Waals surface area contributed by atoms with E-state index in [2.05, 4.69) is 15.1 Å². The second-order valence-corrected chi connectivity index (χ2v) is 5.91. The molecule has 4 nitrogen and oxygen atoms in total. The van der Waals surface area contributed by atoms with Crippen molar-refractivity contribution in [1.82, 2.24) is 15.1 Å². The molecule has 0 unspecified atom stereocenters. The molecule has 0 aromatic rings. The summed E-state index contributed by atoms with van der Waals surface area (Å²) < 4.78 is 5.04. The van der Waals surface area contributed by atoms with Crippen LogP contribution < -0.4 is 5.32 Å². The van der Waals surface area contributed by atoms with E-state index < -0.39 is 0 Å². The molecule has 1 aliphatic carbocycles. The van der Waals surface area contributed by atoms with Gasteiger partial charge in [0.1, 0.15) is 0 Å². The summed E-state index contributed by atoms with van der Waals surface area (Å²) in [5.41, 5.74) is 0. The maximum atomic E-state index is 5.04. The van der Waals surface area contributed by atoms with E-state index in [0.29, 0.717) is 0 Å². The average Bonchev–Trinajstić information content (AvgIpc) is 2.97. The molecule has 2 aliphatic rings. The quantitative estimate of drug-likeness (QED) is 0.670. The molecule has 112 valence electrons. The third kappa shape index (κ3) is 5.38. The van der Waals surface area contributed by atoms with Gasteiger partial charge in [-0.15, -0.1) is 0 Å². The Hall–Kier alpha value is -0.160. The van der Waals surface area contributed by atoms with Crippen molar-refractivity contribution in [3.63, 3.8) is 0 Å². The van der Waals surface area contributed by atoms with Crippen LogP contribution in [0.4, 0.5) is 0 Å². The zero-order chi connectivity index (χ0) is 13.3. The number of nitrogens with one attached hydrogen (secondary N) is 1. The molecule has 0 aromatic heterocycles. The van der Waals surface area contributed by atoms with Crippen molar-refractivity contribution in [1.29, 1.82) is 0 Å². The number of methoxy groups -OCH3 is 1. The molecular formula is C15H31N3O. The first kappa shape index (κ1) is 15.2. The number of hydrogen-bond donors (Lipinski definition) is 1. The van der Waals surface area contributed by atoms with E-state index in [1.54, 1.807) is 7.11 Å². The highest BCUT2D eigenvalue weighted by Gasteiger charge is 2.25. The van der Waals surface area contributed by atoms with Crippen LogP contribution in [0.25, 0.3) is 0 Å². The first-order valence-corrected chi connectivity index (χ1v) is 8.06. The molecule has 1 N–H and O–H groups in total. The normalized spacial score (nSPS) is 23.2. The van der Waals surface area contributed by atoms with Crippen molar-refractivity contribution in [3.8, 4) is 0 Å². The molecule has 0 bridgehead atoms. The van der Waals surface area contributed by atoms with Crippen LogP contribution >= 0.6 is 0 Å². The molecule has 0 radical (unpaired) electrons. The first-order valence-electron chi connectivity index (χ1n) is 8.06. The fourth-order valence-electron chi connectivity index (χ4n) is 3.33. The first-order chi connectivity index (χ1) is 9.40. The zero-order valence-electron chi connectivity index (χ0n) is 12.6. The van der Waals surface area contributed by atoms with Gasteiger partial charge in [0, 0.05) is 59.0 Å². The standard InChI is InChI=1S/C15H31N3O/c1-19-14-4-7-16-8-9-17-10-12-18(13-11-17)15-5-2-3-6-15/h15-16H,2-14H2,1H3. The van der Waals surface area contributed by atoms with Crippen LogP contribution in [0.15, 0.2) is 0 Å². The molecule has 19 heavy (non-hydrogen) atoms. The third-order valence-electron chi connectivity index (χ3n) is 4.55. The second kappa shape index (κ2) is 8.90. The monoisotopic (exact) mass is 269 g/mol. The average molecular weight is 269 g/mol. The molecule has 1 aliphatic heterocycles. The fourth-order valence-corrected chi connectivity index (χ4v) is 3.33. The van der Waals surface area contributed by atoms with Crippen LogP contribution in [0.3, 0.4) is 0 Å². The van der Waals surface area contributed by atoms with Crippen molar-refractivity contribution in [3.05, 3.63) is 0 Å². The van der Waals surface area contributed by atoms with Gasteiger partial charge >= 0.3 is 0 Å². The van der Waals surface area contributed by atoms with E-state index in [1.807, 2.05) is 0 Å². The Bertz CT molecular complexity index is 223. The lowest BCUT2D eigenvalue weighted by atomic mass is 10.2. The van der Waals surface area contributed by atoms with Crippen molar-refractivity contribution in [2.75, 3.05) is 59.5 Å². The summed E-state index contributed by atoms with van der Waals surface area (Å²) >= 11 is 0.